The van der Waals surface area contributed by atoms with Gasteiger partial charge in [-0.25, -0.2) is 4.98 Å². The Hall–Kier alpha value is -3.05. The summed E-state index contributed by atoms with van der Waals surface area (Å²) in [6, 6.07) is 11.7. The average Bonchev–Trinajstić information content (AvgIpc) is 3.71. The van der Waals surface area contributed by atoms with Gasteiger partial charge in [0.1, 0.15) is 17.7 Å². The van der Waals surface area contributed by atoms with Crippen LogP contribution in [-0.2, 0) is 25.6 Å². The lowest BCUT2D eigenvalue weighted by Gasteiger charge is -2.38. The van der Waals surface area contributed by atoms with E-state index >= 15 is 0 Å². The molecule has 1 aromatic carbocycles. The number of epoxide rings is 1. The predicted molar refractivity (Wildman–Crippen MR) is 162 cm³/mol. The smallest absolute Gasteiger partial charge is 0.230 e. The minimum Gasteiger partial charge on any atom is -0.496 e. The highest BCUT2D eigenvalue weighted by atomic mass is 16.8. The molecule has 228 valence electrons. The summed E-state index contributed by atoms with van der Waals surface area (Å²) in [5.41, 5.74) is 3.58. The van der Waals surface area contributed by atoms with Gasteiger partial charge in [-0.3, -0.25) is 0 Å². The fourth-order valence-electron chi connectivity index (χ4n) is 7.45. The van der Waals surface area contributed by atoms with Crippen molar-refractivity contribution in [3.63, 3.8) is 0 Å². The Morgan fingerprint density at radius 2 is 1.51 bits per heavy atom. The van der Waals surface area contributed by atoms with E-state index in [0.717, 1.165) is 97.5 Å². The summed E-state index contributed by atoms with van der Waals surface area (Å²) in [7, 11) is 1.69. The van der Waals surface area contributed by atoms with Gasteiger partial charge in [-0.2, -0.15) is 9.97 Å². The van der Waals surface area contributed by atoms with Crippen molar-refractivity contribution < 1.29 is 23.7 Å². The van der Waals surface area contributed by atoms with E-state index in [1.54, 1.807) is 7.11 Å². The average molecular weight is 588 g/mol. The van der Waals surface area contributed by atoms with Crippen LogP contribution in [-0.4, -0.2) is 85.1 Å². The number of benzene rings is 1. The molecule has 6 atom stereocenters. The molecule has 0 amide bonds. The van der Waals surface area contributed by atoms with E-state index in [-0.39, 0.29) is 17.8 Å². The number of rotatable bonds is 7. The third kappa shape index (κ3) is 4.92. The lowest BCUT2D eigenvalue weighted by Crippen LogP contribution is -2.48. The van der Waals surface area contributed by atoms with Gasteiger partial charge >= 0.3 is 0 Å². The number of morpholine rings is 2. The first-order chi connectivity index (χ1) is 20.9. The van der Waals surface area contributed by atoms with E-state index in [1.165, 1.54) is 0 Å². The number of aromatic nitrogens is 3. The number of methoxy groups -OCH3 is 1. The molecule has 5 fully saturated rings. The van der Waals surface area contributed by atoms with Gasteiger partial charge in [-0.1, -0.05) is 20.8 Å². The van der Waals surface area contributed by atoms with Gasteiger partial charge in [0.15, 0.2) is 11.9 Å². The molecular weight excluding hydrogens is 546 g/mol. The molecule has 0 radical (unpaired) electrons. The first kappa shape index (κ1) is 27.5. The molecular formula is C33H41N5O5. The molecule has 0 aliphatic carbocycles. The zero-order valence-electron chi connectivity index (χ0n) is 25.5. The third-order valence-electron chi connectivity index (χ3n) is 9.77. The lowest BCUT2D eigenvalue weighted by atomic mass is 9.92. The summed E-state index contributed by atoms with van der Waals surface area (Å²) in [5.74, 6) is 2.55. The standard InChI is InChI=1S/C33H41N5O5/c1-33(2,3)28-31(43-28)42-14-20-13-19(5-12-27(20)39-4)26-11-10-25-29(34-26)35-32(38-23-8-9-24(38)18-41-17-23)36-30(25)37-21-6-7-22(37)16-40-15-21/h5,10-13,21-24,28,31H,6-9,14-18H2,1-4H3. The molecule has 0 saturated carbocycles. The summed E-state index contributed by atoms with van der Waals surface area (Å²) in [6.45, 7) is 9.84. The topological polar surface area (TPSA) is 94.6 Å². The second-order valence-corrected chi connectivity index (χ2v) is 13.7. The van der Waals surface area contributed by atoms with E-state index in [9.17, 15) is 0 Å². The molecule has 5 saturated heterocycles. The van der Waals surface area contributed by atoms with Gasteiger partial charge in [0.05, 0.1) is 75.4 Å². The van der Waals surface area contributed by atoms with Crippen molar-refractivity contribution in [1.82, 2.24) is 15.0 Å². The van der Waals surface area contributed by atoms with Gasteiger partial charge in [0, 0.05) is 11.1 Å². The fourth-order valence-corrected chi connectivity index (χ4v) is 7.45. The quantitative estimate of drug-likeness (QED) is 0.361. The Morgan fingerprint density at radius 3 is 2.14 bits per heavy atom. The summed E-state index contributed by atoms with van der Waals surface area (Å²) >= 11 is 0. The minimum atomic E-state index is -0.188. The highest BCUT2D eigenvalue weighted by molar-refractivity contribution is 5.90. The summed E-state index contributed by atoms with van der Waals surface area (Å²) < 4.78 is 29.4. The molecule has 0 spiro atoms. The molecule has 8 rings (SSSR count). The second kappa shape index (κ2) is 10.5. The van der Waals surface area contributed by atoms with Gasteiger partial charge in [0.2, 0.25) is 5.95 Å². The molecule has 7 heterocycles. The number of hydrogen-bond donors (Lipinski definition) is 0. The van der Waals surface area contributed by atoms with Gasteiger partial charge in [-0.15, -0.1) is 0 Å². The van der Waals surface area contributed by atoms with Crippen molar-refractivity contribution in [1.29, 1.82) is 0 Å². The van der Waals surface area contributed by atoms with Crippen molar-refractivity contribution >= 4 is 22.8 Å². The molecule has 0 N–H and O–H groups in total. The van der Waals surface area contributed by atoms with Gasteiger partial charge < -0.3 is 33.5 Å². The first-order valence-corrected chi connectivity index (χ1v) is 15.7. The largest absolute Gasteiger partial charge is 0.496 e. The highest BCUT2D eigenvalue weighted by Crippen LogP contribution is 2.41. The number of hydrogen-bond acceptors (Lipinski definition) is 10. The zero-order chi connectivity index (χ0) is 29.3. The maximum absolute atomic E-state index is 6.12. The van der Waals surface area contributed by atoms with E-state index in [1.807, 2.05) is 6.07 Å². The van der Waals surface area contributed by atoms with E-state index in [4.69, 9.17) is 38.6 Å². The van der Waals surface area contributed by atoms with E-state index in [2.05, 4.69) is 54.8 Å². The zero-order valence-corrected chi connectivity index (χ0v) is 25.5. The van der Waals surface area contributed by atoms with Crippen molar-refractivity contribution in [2.24, 2.45) is 5.41 Å². The van der Waals surface area contributed by atoms with Crippen LogP contribution >= 0.6 is 0 Å². The van der Waals surface area contributed by atoms with Crippen LogP contribution < -0.4 is 14.5 Å². The highest BCUT2D eigenvalue weighted by Gasteiger charge is 2.48. The van der Waals surface area contributed by atoms with Crippen molar-refractivity contribution in [3.8, 4) is 17.0 Å². The Labute approximate surface area is 252 Å². The SMILES string of the molecule is COc1ccc(-c2ccc3c(N4C5CCC4COC5)nc(N4C5CCC4COC5)nc3n2)cc1COC1OC1C(C)(C)C. The first-order valence-electron chi connectivity index (χ1n) is 15.7. The number of pyridine rings is 1. The molecule has 3 aromatic rings. The minimum absolute atomic E-state index is 0.0483. The van der Waals surface area contributed by atoms with Crippen molar-refractivity contribution in [2.45, 2.75) is 89.6 Å². The van der Waals surface area contributed by atoms with Crippen molar-refractivity contribution in [3.05, 3.63) is 35.9 Å². The lowest BCUT2D eigenvalue weighted by molar-refractivity contribution is 0.0374. The van der Waals surface area contributed by atoms with E-state index < -0.39 is 0 Å². The fraction of sp³-hybridized carbons (Fsp3) is 0.606. The summed E-state index contributed by atoms with van der Waals surface area (Å²) in [4.78, 5) is 20.5. The van der Waals surface area contributed by atoms with Crippen LogP contribution in [0.1, 0.15) is 52.0 Å². The Kier molecular flexibility index (Phi) is 6.74. The number of anilines is 2. The molecule has 5 aliphatic rings. The Morgan fingerprint density at radius 1 is 0.837 bits per heavy atom. The molecule has 6 unspecified atom stereocenters. The Bertz CT molecular complexity index is 1500. The molecule has 2 aromatic heterocycles. The number of fused-ring (bicyclic) bond motifs is 5. The van der Waals surface area contributed by atoms with Crippen LogP contribution in [0.3, 0.4) is 0 Å². The molecule has 4 bridgehead atoms. The molecule has 43 heavy (non-hydrogen) atoms. The van der Waals surface area contributed by atoms with Gasteiger partial charge in [0.25, 0.3) is 0 Å². The molecule has 10 nitrogen and oxygen atoms in total. The van der Waals surface area contributed by atoms with Crippen LogP contribution in [0.15, 0.2) is 30.3 Å². The maximum Gasteiger partial charge on any atom is 0.230 e. The summed E-state index contributed by atoms with van der Waals surface area (Å²) in [5, 5.41) is 0.989. The molecule has 10 heteroatoms. The van der Waals surface area contributed by atoms with Crippen LogP contribution in [0.5, 0.6) is 5.75 Å². The number of ether oxygens (including phenoxy) is 5. The summed E-state index contributed by atoms with van der Waals surface area (Å²) in [6.07, 6.45) is 4.38. The normalized spacial score (nSPS) is 29.9. The van der Waals surface area contributed by atoms with Gasteiger partial charge in [-0.05, 0) is 61.4 Å². The maximum atomic E-state index is 6.12. The predicted octanol–water partition coefficient (Wildman–Crippen LogP) is 4.72. The van der Waals surface area contributed by atoms with Crippen LogP contribution in [0.4, 0.5) is 11.8 Å². The number of nitrogens with zero attached hydrogens (tertiary/aromatic N) is 5. The van der Waals surface area contributed by atoms with E-state index in [0.29, 0.717) is 30.8 Å². The van der Waals surface area contributed by atoms with Crippen LogP contribution in [0.25, 0.3) is 22.3 Å². The molecule has 5 aliphatic heterocycles. The van der Waals surface area contributed by atoms with Crippen LogP contribution in [0, 0.1) is 5.41 Å². The monoisotopic (exact) mass is 587 g/mol. The van der Waals surface area contributed by atoms with Crippen molar-refractivity contribution in [2.75, 3.05) is 43.3 Å². The van der Waals surface area contributed by atoms with Crippen LogP contribution in [0.2, 0.25) is 0 Å². The third-order valence-corrected chi connectivity index (χ3v) is 9.77. The Balaban J connectivity index is 1.16. The second-order valence-electron chi connectivity index (χ2n) is 13.7.